The first-order valence-corrected chi connectivity index (χ1v) is 4.68. The molecule has 48 valence electrons. The van der Waals surface area contributed by atoms with Gasteiger partial charge in [0.15, 0.2) is 0 Å². The maximum atomic E-state index is 5.05. The molecule has 0 saturated heterocycles. The van der Waals surface area contributed by atoms with Crippen molar-refractivity contribution in [3.05, 3.63) is 30.3 Å². The van der Waals surface area contributed by atoms with Gasteiger partial charge in [-0.05, 0) is 0 Å². The Kier molecular flexibility index (Phi) is 2.82. The van der Waals surface area contributed by atoms with Gasteiger partial charge in [0.05, 0.1) is 0 Å². The molecular weight excluding hydrogens is 175 g/mol. The second kappa shape index (κ2) is 3.71. The second-order valence-electron chi connectivity index (χ2n) is 1.67. The first-order valence-electron chi connectivity index (χ1n) is 2.77. The molecule has 0 fully saturated rings. The van der Waals surface area contributed by atoms with E-state index in [0.717, 1.165) is 0 Å². The van der Waals surface area contributed by atoms with Crippen molar-refractivity contribution in [2.45, 2.75) is 0 Å². The van der Waals surface area contributed by atoms with E-state index in [-0.39, 0.29) is 16.1 Å². The third-order valence-corrected chi connectivity index (χ3v) is 2.62. The fraction of sp³-hybridized carbons (Fsp3) is 0.143. The molecule has 0 aliphatic carbocycles. The molecule has 0 heterocycles. The molecule has 2 heteroatoms. The molecule has 1 rings (SSSR count). The molecule has 0 spiro atoms. The normalized spacial score (nSPS) is 10.8. The number of benzene rings is 1. The molecule has 0 aliphatic rings. The van der Waals surface area contributed by atoms with E-state index in [0.29, 0.717) is 0 Å². The molecule has 0 aromatic heterocycles. The molecule has 0 aliphatic heterocycles. The van der Waals surface area contributed by atoms with Crippen LogP contribution in [-0.2, 0) is 3.73 Å². The van der Waals surface area contributed by atoms with E-state index >= 15 is 0 Å². The van der Waals surface area contributed by atoms with E-state index < -0.39 is 0 Å². The van der Waals surface area contributed by atoms with E-state index in [4.69, 9.17) is 3.73 Å². The van der Waals surface area contributed by atoms with Gasteiger partial charge in [0.1, 0.15) is 0 Å². The van der Waals surface area contributed by atoms with Crippen LogP contribution in [0.5, 0.6) is 0 Å². The van der Waals surface area contributed by atoms with Gasteiger partial charge >= 0.3 is 61.6 Å². The Bertz CT molecular complexity index is 162. The van der Waals surface area contributed by atoms with Gasteiger partial charge in [0.2, 0.25) is 0 Å². The molecule has 9 heavy (non-hydrogen) atoms. The van der Waals surface area contributed by atoms with E-state index in [1.807, 2.05) is 18.2 Å². The average Bonchev–Trinajstić information content (AvgIpc) is 1.91. The van der Waals surface area contributed by atoms with Crippen molar-refractivity contribution in [2.75, 3.05) is 7.11 Å². The molecule has 0 bridgehead atoms. The summed E-state index contributed by atoms with van der Waals surface area (Å²) in [5.74, 6) is 0. The average molecular weight is 184 g/mol. The molecule has 0 amide bonds. The molecular formula is C7H9AsO. The Labute approximate surface area is 62.1 Å². The zero-order chi connectivity index (χ0) is 6.53. The van der Waals surface area contributed by atoms with Crippen molar-refractivity contribution in [1.82, 2.24) is 0 Å². The van der Waals surface area contributed by atoms with Crippen LogP contribution in [0.2, 0.25) is 0 Å². The van der Waals surface area contributed by atoms with Crippen LogP contribution in [0.4, 0.5) is 0 Å². The van der Waals surface area contributed by atoms with Crippen LogP contribution in [0.1, 0.15) is 0 Å². The van der Waals surface area contributed by atoms with Gasteiger partial charge in [0.25, 0.3) is 0 Å². The summed E-state index contributed by atoms with van der Waals surface area (Å²) >= 11 is -0.290. The van der Waals surface area contributed by atoms with Crippen LogP contribution in [0.3, 0.4) is 0 Å². The molecule has 0 saturated carbocycles. The summed E-state index contributed by atoms with van der Waals surface area (Å²) in [5.41, 5.74) is 0. The van der Waals surface area contributed by atoms with Crippen LogP contribution in [0.25, 0.3) is 0 Å². The second-order valence-corrected chi connectivity index (χ2v) is 4.17. The van der Waals surface area contributed by atoms with Gasteiger partial charge in [-0.25, -0.2) is 0 Å². The Hall–Kier alpha value is -0.262. The first kappa shape index (κ1) is 6.85. The quantitative estimate of drug-likeness (QED) is 0.601. The molecule has 0 N–H and O–H groups in total. The summed E-state index contributed by atoms with van der Waals surface area (Å²) < 4.78 is 6.40. The Morgan fingerprint density at radius 1 is 1.22 bits per heavy atom. The van der Waals surface area contributed by atoms with Gasteiger partial charge < -0.3 is 0 Å². The topological polar surface area (TPSA) is 9.23 Å². The summed E-state index contributed by atoms with van der Waals surface area (Å²) in [7, 11) is 1.76. The minimum absolute atomic E-state index is 0.290. The van der Waals surface area contributed by atoms with Gasteiger partial charge in [-0.1, -0.05) is 0 Å². The van der Waals surface area contributed by atoms with E-state index in [9.17, 15) is 0 Å². The van der Waals surface area contributed by atoms with Gasteiger partial charge in [-0.2, -0.15) is 0 Å². The fourth-order valence-corrected chi connectivity index (χ4v) is 1.81. The first-order chi connectivity index (χ1) is 4.43. The molecule has 1 atom stereocenters. The van der Waals surface area contributed by atoms with Crippen molar-refractivity contribution >= 4 is 20.4 Å². The Morgan fingerprint density at radius 2 is 1.89 bits per heavy atom. The standard InChI is InChI=1S/C7H9AsO/c1-9-8-7-5-3-2-4-6-7/h2-6,8H,1H3. The van der Waals surface area contributed by atoms with Gasteiger partial charge in [-0.3, -0.25) is 0 Å². The maximum absolute atomic E-state index is 5.05. The van der Waals surface area contributed by atoms with Crippen molar-refractivity contribution < 1.29 is 3.73 Å². The Morgan fingerprint density at radius 3 is 2.44 bits per heavy atom. The Balaban J connectivity index is 2.61. The summed E-state index contributed by atoms with van der Waals surface area (Å²) in [6.45, 7) is 0. The van der Waals surface area contributed by atoms with Crippen molar-refractivity contribution in [1.29, 1.82) is 0 Å². The molecule has 1 aromatic carbocycles. The third-order valence-electron chi connectivity index (χ3n) is 0.994. The number of hydrogen-bond acceptors (Lipinski definition) is 1. The zero-order valence-electron chi connectivity index (χ0n) is 5.29. The summed E-state index contributed by atoms with van der Waals surface area (Å²) in [5, 5.41) is 0. The molecule has 1 nitrogen and oxygen atoms in total. The zero-order valence-corrected chi connectivity index (χ0v) is 7.39. The van der Waals surface area contributed by atoms with Crippen LogP contribution >= 0.6 is 0 Å². The van der Waals surface area contributed by atoms with Crippen molar-refractivity contribution in [3.8, 4) is 0 Å². The summed E-state index contributed by atoms with van der Waals surface area (Å²) in [6.07, 6.45) is 0. The molecule has 1 aromatic rings. The fourth-order valence-electron chi connectivity index (χ4n) is 0.624. The van der Waals surface area contributed by atoms with Gasteiger partial charge in [0, 0.05) is 0 Å². The summed E-state index contributed by atoms with van der Waals surface area (Å²) in [6, 6.07) is 10.3. The third kappa shape index (κ3) is 2.21. The van der Waals surface area contributed by atoms with Crippen LogP contribution in [0, 0.1) is 0 Å². The number of rotatable bonds is 2. The monoisotopic (exact) mass is 184 g/mol. The predicted octanol–water partition coefficient (Wildman–Crippen LogP) is 0.310. The van der Waals surface area contributed by atoms with Crippen LogP contribution < -0.4 is 4.35 Å². The van der Waals surface area contributed by atoms with E-state index in [1.165, 1.54) is 4.35 Å². The minimum atomic E-state index is -0.290. The van der Waals surface area contributed by atoms with Crippen LogP contribution in [-0.4, -0.2) is 23.2 Å². The summed E-state index contributed by atoms with van der Waals surface area (Å²) in [4.78, 5) is 0. The van der Waals surface area contributed by atoms with E-state index in [2.05, 4.69) is 12.1 Å². The SMILES string of the molecule is CO[AsH]c1ccccc1. The van der Waals surface area contributed by atoms with Crippen molar-refractivity contribution in [3.63, 3.8) is 0 Å². The van der Waals surface area contributed by atoms with Crippen LogP contribution in [0.15, 0.2) is 30.3 Å². The molecule has 0 radical (unpaired) electrons. The predicted molar refractivity (Wildman–Crippen MR) is 40.2 cm³/mol. The van der Waals surface area contributed by atoms with Crippen molar-refractivity contribution in [2.24, 2.45) is 0 Å². The molecule has 1 unspecified atom stereocenters. The van der Waals surface area contributed by atoms with E-state index in [1.54, 1.807) is 7.11 Å². The number of hydrogen-bond donors (Lipinski definition) is 0. The van der Waals surface area contributed by atoms with Gasteiger partial charge in [-0.15, -0.1) is 0 Å².